The van der Waals surface area contributed by atoms with Gasteiger partial charge in [-0.2, -0.15) is 0 Å². The van der Waals surface area contributed by atoms with E-state index in [2.05, 4.69) is 20.6 Å². The molecule has 0 spiro atoms. The highest BCUT2D eigenvalue weighted by molar-refractivity contribution is 7.98. The number of thioether (sulfide) groups is 2. The Morgan fingerprint density at radius 1 is 0.875 bits per heavy atom. The number of carbonyl (C=O) groups is 3. The van der Waals surface area contributed by atoms with Gasteiger partial charge in [0.05, 0.1) is 12.7 Å². The number of hydrogen-bond acceptors (Lipinski definition) is 10. The molecular weight excluding hydrogens is 670 g/mol. The Labute approximate surface area is 292 Å². The van der Waals surface area contributed by atoms with E-state index in [-0.39, 0.29) is 25.2 Å². The molecule has 0 fully saturated rings. The number of carbonyl (C=O) groups excluding carboxylic acids is 3. The highest BCUT2D eigenvalue weighted by Gasteiger charge is 2.41. The Bertz CT molecular complexity index is 1480. The van der Waals surface area contributed by atoms with Gasteiger partial charge in [-0.05, 0) is 79.3 Å². The van der Waals surface area contributed by atoms with Gasteiger partial charge in [-0.3, -0.25) is 19.4 Å². The standard InChI is InChI=1S/C34H46N5O6PS2/c1-8-10-30(46(43,44-24-11-15-26(47-6)16-12-24)45-25-13-17-27(48-7)18-14-25)37-29(40)23-39(21-9-2)33(42)31(34(3,4)5)38-32(41)28-22-35-19-20-36-28/h11-20,22,30-31H,8-10,21,23H2,1-7H3,(H,37,40)(H,38,41)/t30-,31-/m1/s1. The molecule has 0 saturated heterocycles. The van der Waals surface area contributed by atoms with Crippen LogP contribution in [-0.2, 0) is 14.2 Å². The largest absolute Gasteiger partial charge is 0.452 e. The number of rotatable bonds is 17. The first-order chi connectivity index (χ1) is 22.8. The van der Waals surface area contributed by atoms with Gasteiger partial charge in [0.1, 0.15) is 23.2 Å². The maximum atomic E-state index is 14.7. The van der Waals surface area contributed by atoms with Crippen molar-refractivity contribution in [2.24, 2.45) is 5.41 Å². The fraction of sp³-hybridized carbons (Fsp3) is 0.441. The molecule has 3 rings (SSSR count). The lowest BCUT2D eigenvalue weighted by Gasteiger charge is -2.35. The van der Waals surface area contributed by atoms with Crippen LogP contribution in [0.1, 0.15) is 64.4 Å². The minimum absolute atomic E-state index is 0.0728. The van der Waals surface area contributed by atoms with Crippen molar-refractivity contribution in [1.82, 2.24) is 25.5 Å². The van der Waals surface area contributed by atoms with Crippen molar-refractivity contribution in [2.75, 3.05) is 25.6 Å². The molecule has 2 aromatic carbocycles. The highest BCUT2D eigenvalue weighted by atomic mass is 32.2. The summed E-state index contributed by atoms with van der Waals surface area (Å²) in [5.74, 6) is -1.87. The Balaban J connectivity index is 1.88. The molecule has 0 saturated carbocycles. The number of nitrogens with one attached hydrogen (secondary N) is 2. The first-order valence-electron chi connectivity index (χ1n) is 15.8. The predicted molar refractivity (Wildman–Crippen MR) is 192 cm³/mol. The van der Waals surface area contributed by atoms with Crippen molar-refractivity contribution >= 4 is 48.8 Å². The average molecular weight is 716 g/mol. The summed E-state index contributed by atoms with van der Waals surface area (Å²) in [6.45, 7) is 9.22. The van der Waals surface area contributed by atoms with E-state index in [1.165, 1.54) is 23.5 Å². The molecule has 0 radical (unpaired) electrons. The van der Waals surface area contributed by atoms with Gasteiger partial charge in [-0.25, -0.2) is 9.55 Å². The van der Waals surface area contributed by atoms with Crippen molar-refractivity contribution in [2.45, 2.75) is 75.5 Å². The Morgan fingerprint density at radius 2 is 1.44 bits per heavy atom. The normalized spacial score (nSPS) is 12.8. The van der Waals surface area contributed by atoms with Crippen LogP contribution in [0.25, 0.3) is 0 Å². The van der Waals surface area contributed by atoms with Gasteiger partial charge in [0.2, 0.25) is 11.8 Å². The van der Waals surface area contributed by atoms with Gasteiger partial charge in [0, 0.05) is 28.7 Å². The highest BCUT2D eigenvalue weighted by Crippen LogP contribution is 2.53. The van der Waals surface area contributed by atoms with Crippen LogP contribution in [0.5, 0.6) is 11.5 Å². The van der Waals surface area contributed by atoms with E-state index < -0.39 is 42.6 Å². The van der Waals surface area contributed by atoms with Gasteiger partial charge in [0.25, 0.3) is 5.91 Å². The number of hydrogen-bond donors (Lipinski definition) is 2. The first-order valence-corrected chi connectivity index (χ1v) is 19.8. The van der Waals surface area contributed by atoms with E-state index in [0.29, 0.717) is 24.3 Å². The molecule has 260 valence electrons. The van der Waals surface area contributed by atoms with E-state index >= 15 is 0 Å². The van der Waals surface area contributed by atoms with Crippen LogP contribution in [-0.4, -0.2) is 70.0 Å². The minimum atomic E-state index is -4.09. The summed E-state index contributed by atoms with van der Waals surface area (Å²) in [6.07, 6.45) is 9.50. The molecule has 1 aromatic heterocycles. The van der Waals surface area contributed by atoms with Crippen LogP contribution in [0.3, 0.4) is 0 Å². The fourth-order valence-corrected chi connectivity index (χ4v) is 7.51. The quantitative estimate of drug-likeness (QED) is 0.112. The van der Waals surface area contributed by atoms with Gasteiger partial charge in [0.15, 0.2) is 5.78 Å². The summed E-state index contributed by atoms with van der Waals surface area (Å²) < 4.78 is 26.9. The number of nitrogens with zero attached hydrogens (tertiary/aromatic N) is 3. The maximum absolute atomic E-state index is 14.7. The van der Waals surface area contributed by atoms with Crippen LogP contribution in [0.15, 0.2) is 76.9 Å². The van der Waals surface area contributed by atoms with E-state index in [4.69, 9.17) is 9.05 Å². The van der Waals surface area contributed by atoms with Gasteiger partial charge in [-0.1, -0.05) is 41.0 Å². The molecule has 1 heterocycles. The molecule has 3 aromatic rings. The SMILES string of the molecule is CCC[C@H](NC(=O)CN(CCC)C(=O)[C@@H](NC(=O)c1cnccn1)C(C)(C)C)P(=O)(Oc1ccc(SC)cc1)Oc1ccc(SC)cc1. The van der Waals surface area contributed by atoms with Crippen LogP contribution in [0, 0.1) is 5.41 Å². The van der Waals surface area contributed by atoms with Crippen molar-refractivity contribution in [3.8, 4) is 11.5 Å². The van der Waals surface area contributed by atoms with Crippen molar-refractivity contribution in [3.05, 3.63) is 72.8 Å². The van der Waals surface area contributed by atoms with E-state index in [1.807, 2.05) is 71.4 Å². The zero-order valence-electron chi connectivity index (χ0n) is 28.6. The third-order valence-electron chi connectivity index (χ3n) is 7.18. The van der Waals surface area contributed by atoms with Crippen LogP contribution < -0.4 is 19.7 Å². The van der Waals surface area contributed by atoms with Gasteiger partial charge in [-0.15, -0.1) is 23.5 Å². The third kappa shape index (κ3) is 11.3. The zero-order valence-corrected chi connectivity index (χ0v) is 31.1. The summed E-state index contributed by atoms with van der Waals surface area (Å²) in [7, 11) is -4.09. The maximum Gasteiger partial charge on any atom is 0.452 e. The Kier molecular flexibility index (Phi) is 14.8. The molecule has 48 heavy (non-hydrogen) atoms. The average Bonchev–Trinajstić information content (AvgIpc) is 3.07. The summed E-state index contributed by atoms with van der Waals surface area (Å²) in [4.78, 5) is 52.0. The number of aromatic nitrogens is 2. The van der Waals surface area contributed by atoms with E-state index in [9.17, 15) is 18.9 Å². The molecular formula is C34H46N5O6PS2. The van der Waals surface area contributed by atoms with Crippen LogP contribution in [0.4, 0.5) is 0 Å². The van der Waals surface area contributed by atoms with Crippen LogP contribution >= 0.6 is 31.1 Å². The molecule has 0 aliphatic carbocycles. The molecule has 0 aliphatic heterocycles. The number of amides is 3. The van der Waals surface area contributed by atoms with Crippen molar-refractivity contribution in [1.29, 1.82) is 0 Å². The summed E-state index contributed by atoms with van der Waals surface area (Å²) in [5.41, 5.74) is -0.624. The Hall–Kier alpha value is -3.54. The van der Waals surface area contributed by atoms with Crippen LogP contribution in [0.2, 0.25) is 0 Å². The lowest BCUT2D eigenvalue weighted by atomic mass is 9.85. The predicted octanol–water partition coefficient (Wildman–Crippen LogP) is 6.90. The molecule has 0 aliphatic rings. The molecule has 2 atom stereocenters. The molecule has 11 nitrogen and oxygen atoms in total. The lowest BCUT2D eigenvalue weighted by molar-refractivity contribution is -0.139. The number of benzene rings is 2. The molecule has 0 bridgehead atoms. The minimum Gasteiger partial charge on any atom is -0.415 e. The summed E-state index contributed by atoms with van der Waals surface area (Å²) in [6, 6.07) is 13.3. The van der Waals surface area contributed by atoms with Gasteiger partial charge < -0.3 is 24.6 Å². The molecule has 2 N–H and O–H groups in total. The molecule has 0 unspecified atom stereocenters. The second kappa shape index (κ2) is 18.3. The molecule has 14 heteroatoms. The molecule has 3 amide bonds. The zero-order chi connectivity index (χ0) is 35.3. The topological polar surface area (TPSA) is 140 Å². The van der Waals surface area contributed by atoms with Gasteiger partial charge >= 0.3 is 7.60 Å². The first kappa shape index (κ1) is 38.9. The van der Waals surface area contributed by atoms with Crippen molar-refractivity contribution < 1.29 is 28.0 Å². The van der Waals surface area contributed by atoms with E-state index in [0.717, 1.165) is 9.79 Å². The van der Waals surface area contributed by atoms with Crippen molar-refractivity contribution in [3.63, 3.8) is 0 Å². The second-order valence-corrected chi connectivity index (χ2v) is 15.9. The monoisotopic (exact) mass is 715 g/mol. The third-order valence-corrected chi connectivity index (χ3v) is 10.7. The fourth-order valence-electron chi connectivity index (χ4n) is 4.69. The summed E-state index contributed by atoms with van der Waals surface area (Å²) in [5, 5.41) is 5.66. The van der Waals surface area contributed by atoms with E-state index in [1.54, 1.807) is 47.8 Å². The smallest absolute Gasteiger partial charge is 0.415 e. The Morgan fingerprint density at radius 3 is 1.88 bits per heavy atom. The summed E-state index contributed by atoms with van der Waals surface area (Å²) >= 11 is 3.13. The second-order valence-electron chi connectivity index (χ2n) is 12.1. The lowest BCUT2D eigenvalue weighted by Crippen LogP contribution is -2.56.